The molecule has 156 valence electrons. The van der Waals surface area contributed by atoms with Crippen molar-refractivity contribution < 1.29 is 9.18 Å². The maximum atomic E-state index is 14.7. The quantitative estimate of drug-likeness (QED) is 0.477. The van der Waals surface area contributed by atoms with Crippen LogP contribution in [0.2, 0.25) is 5.02 Å². The zero-order valence-corrected chi connectivity index (χ0v) is 19.2. The van der Waals surface area contributed by atoms with Gasteiger partial charge >= 0.3 is 0 Å². The van der Waals surface area contributed by atoms with Crippen LogP contribution in [0.5, 0.6) is 0 Å². The Hall–Kier alpha value is -1.98. The van der Waals surface area contributed by atoms with Crippen LogP contribution in [-0.4, -0.2) is 11.6 Å². The third-order valence-electron chi connectivity index (χ3n) is 6.01. The van der Waals surface area contributed by atoms with Crippen LogP contribution in [0.4, 0.5) is 10.1 Å². The fourth-order valence-electron chi connectivity index (χ4n) is 4.25. The second kappa shape index (κ2) is 8.64. The van der Waals surface area contributed by atoms with Gasteiger partial charge in [-0.3, -0.25) is 4.79 Å². The van der Waals surface area contributed by atoms with Gasteiger partial charge in [-0.05, 0) is 60.6 Å². The molecule has 0 radical (unpaired) electrons. The van der Waals surface area contributed by atoms with Crippen molar-refractivity contribution in [2.45, 2.75) is 33.1 Å². The number of aliphatic imine (C=N–C) groups is 1. The number of halogens is 3. The number of allylic oxidation sites excluding steroid dienone is 1. The van der Waals surface area contributed by atoms with Crippen molar-refractivity contribution in [1.29, 1.82) is 0 Å². The topological polar surface area (TPSA) is 41.5 Å². The van der Waals surface area contributed by atoms with Gasteiger partial charge in [0, 0.05) is 16.1 Å². The van der Waals surface area contributed by atoms with E-state index >= 15 is 0 Å². The minimum Gasteiger partial charge on any atom is -0.320 e. The van der Waals surface area contributed by atoms with Crippen molar-refractivity contribution in [3.05, 3.63) is 74.6 Å². The van der Waals surface area contributed by atoms with E-state index in [4.69, 9.17) is 11.6 Å². The predicted octanol–water partition coefficient (Wildman–Crippen LogP) is 6.79. The van der Waals surface area contributed by atoms with Crippen molar-refractivity contribution >= 4 is 44.8 Å². The molecule has 3 nitrogen and oxygen atoms in total. The standard InChI is InChI=1S/C24H23BrClFN2O/c1-3-13-8-9-15(25)11-20(13)29-24(30)21-12-17(16-10-14(16)4-2)23(28-21)22-18(26)6-5-7-19(22)27/h5-9,11-12,14,16-17H,3-4,10H2,1-2H3,(H,29,30). The van der Waals surface area contributed by atoms with Crippen molar-refractivity contribution in [3.63, 3.8) is 0 Å². The number of hydrogen-bond donors (Lipinski definition) is 1. The average molecular weight is 490 g/mol. The van der Waals surface area contributed by atoms with Crippen molar-refractivity contribution in [2.75, 3.05) is 5.32 Å². The van der Waals surface area contributed by atoms with Gasteiger partial charge < -0.3 is 5.32 Å². The van der Waals surface area contributed by atoms with Gasteiger partial charge in [0.25, 0.3) is 5.91 Å². The average Bonchev–Trinajstić information content (AvgIpc) is 3.38. The van der Waals surface area contributed by atoms with Crippen molar-refractivity contribution in [3.8, 4) is 0 Å². The van der Waals surface area contributed by atoms with Crippen LogP contribution in [0.3, 0.4) is 0 Å². The van der Waals surface area contributed by atoms with Gasteiger partial charge in [0.2, 0.25) is 0 Å². The van der Waals surface area contributed by atoms with E-state index in [-0.39, 0.29) is 11.8 Å². The Balaban J connectivity index is 1.68. The monoisotopic (exact) mass is 488 g/mol. The molecule has 0 saturated heterocycles. The first-order chi connectivity index (χ1) is 14.4. The molecule has 1 aliphatic carbocycles. The number of aryl methyl sites for hydroxylation is 1. The summed E-state index contributed by atoms with van der Waals surface area (Å²) in [5.41, 5.74) is 2.98. The van der Waals surface area contributed by atoms with Gasteiger partial charge in [0.1, 0.15) is 11.5 Å². The Morgan fingerprint density at radius 3 is 2.77 bits per heavy atom. The van der Waals surface area contributed by atoms with E-state index in [9.17, 15) is 9.18 Å². The molecule has 2 aliphatic rings. The second-order valence-electron chi connectivity index (χ2n) is 7.85. The minimum atomic E-state index is -0.407. The number of nitrogens with zero attached hydrogens (tertiary/aromatic N) is 1. The molecule has 0 bridgehead atoms. The molecule has 1 saturated carbocycles. The molecule has 1 fully saturated rings. The molecule has 4 rings (SSSR count). The highest BCUT2D eigenvalue weighted by Crippen LogP contribution is 2.50. The second-order valence-corrected chi connectivity index (χ2v) is 9.17. The smallest absolute Gasteiger partial charge is 0.273 e. The maximum absolute atomic E-state index is 14.7. The normalized spacial score (nSPS) is 22.5. The molecule has 0 spiro atoms. The van der Waals surface area contributed by atoms with Crippen LogP contribution in [0.1, 0.15) is 37.8 Å². The van der Waals surface area contributed by atoms with Crippen LogP contribution in [0.15, 0.2) is 57.6 Å². The van der Waals surface area contributed by atoms with E-state index in [1.54, 1.807) is 12.1 Å². The van der Waals surface area contributed by atoms with Gasteiger partial charge in [-0.2, -0.15) is 0 Å². The first kappa shape index (κ1) is 21.3. The molecular weight excluding hydrogens is 467 g/mol. The van der Waals surface area contributed by atoms with Crippen LogP contribution in [0.25, 0.3) is 0 Å². The molecule has 2 aromatic carbocycles. The zero-order valence-electron chi connectivity index (χ0n) is 16.9. The number of carbonyl (C=O) groups is 1. The predicted molar refractivity (Wildman–Crippen MR) is 124 cm³/mol. The van der Waals surface area contributed by atoms with Crippen molar-refractivity contribution in [1.82, 2.24) is 0 Å². The van der Waals surface area contributed by atoms with Crippen molar-refractivity contribution in [2.24, 2.45) is 22.7 Å². The van der Waals surface area contributed by atoms with Gasteiger partial charge in [-0.15, -0.1) is 0 Å². The highest BCUT2D eigenvalue weighted by molar-refractivity contribution is 9.10. The summed E-state index contributed by atoms with van der Waals surface area (Å²) in [4.78, 5) is 17.6. The molecule has 0 aromatic heterocycles. The highest BCUT2D eigenvalue weighted by Gasteiger charge is 2.45. The Labute approximate surface area is 189 Å². The maximum Gasteiger partial charge on any atom is 0.273 e. The number of carbonyl (C=O) groups excluding carboxylic acids is 1. The van der Waals surface area contributed by atoms with Gasteiger partial charge in [0.05, 0.1) is 16.3 Å². The number of nitrogens with one attached hydrogen (secondary N) is 1. The van der Waals surface area contributed by atoms with E-state index in [2.05, 4.69) is 33.2 Å². The first-order valence-electron chi connectivity index (χ1n) is 10.3. The molecule has 1 aliphatic heterocycles. The number of benzene rings is 2. The third-order valence-corrected chi connectivity index (χ3v) is 6.82. The molecule has 6 heteroatoms. The molecule has 1 amide bonds. The lowest BCUT2D eigenvalue weighted by atomic mass is 9.91. The SMILES string of the molecule is CCc1ccc(Br)cc1NC(=O)C1=CC(C2CC2CC)C(c2c(F)cccc2Cl)=N1. The Bertz CT molecular complexity index is 1040. The molecular formula is C24H23BrClFN2O. The summed E-state index contributed by atoms with van der Waals surface area (Å²) < 4.78 is 15.6. The Morgan fingerprint density at radius 2 is 2.10 bits per heavy atom. The molecule has 3 atom stereocenters. The minimum absolute atomic E-state index is 0.0988. The fourth-order valence-corrected chi connectivity index (χ4v) is 4.87. The van der Waals surface area contributed by atoms with E-state index in [1.165, 1.54) is 6.07 Å². The lowest BCUT2D eigenvalue weighted by Crippen LogP contribution is -2.16. The van der Waals surface area contributed by atoms with E-state index < -0.39 is 5.82 Å². The fraction of sp³-hybridized carbons (Fsp3) is 0.333. The Morgan fingerprint density at radius 1 is 1.30 bits per heavy atom. The summed E-state index contributed by atoms with van der Waals surface area (Å²) in [5.74, 6) is 0.144. The summed E-state index contributed by atoms with van der Waals surface area (Å²) in [6.07, 6.45) is 4.80. The van der Waals surface area contributed by atoms with Crippen LogP contribution >= 0.6 is 27.5 Å². The van der Waals surface area contributed by atoms with Gasteiger partial charge in [-0.25, -0.2) is 9.38 Å². The summed E-state index contributed by atoms with van der Waals surface area (Å²) in [6.45, 7) is 4.20. The van der Waals surface area contributed by atoms with Gasteiger partial charge in [0.15, 0.2) is 0 Å². The molecule has 30 heavy (non-hydrogen) atoms. The summed E-state index contributed by atoms with van der Waals surface area (Å²) in [7, 11) is 0. The van der Waals surface area contributed by atoms with Crippen LogP contribution in [-0.2, 0) is 11.2 Å². The van der Waals surface area contributed by atoms with Crippen LogP contribution in [0, 0.1) is 23.6 Å². The summed E-state index contributed by atoms with van der Waals surface area (Å²) in [6, 6.07) is 10.5. The number of amides is 1. The molecule has 2 aromatic rings. The molecule has 1 heterocycles. The number of hydrogen-bond acceptors (Lipinski definition) is 2. The summed E-state index contributed by atoms with van der Waals surface area (Å²) in [5, 5.41) is 3.30. The van der Waals surface area contributed by atoms with E-state index in [1.807, 2.05) is 31.2 Å². The largest absolute Gasteiger partial charge is 0.320 e. The first-order valence-corrected chi connectivity index (χ1v) is 11.4. The van der Waals surface area contributed by atoms with Crippen LogP contribution < -0.4 is 5.32 Å². The zero-order chi connectivity index (χ0) is 21.4. The highest BCUT2D eigenvalue weighted by atomic mass is 79.9. The number of rotatable bonds is 6. The Kier molecular flexibility index (Phi) is 6.12. The van der Waals surface area contributed by atoms with Gasteiger partial charge in [-0.1, -0.05) is 59.9 Å². The lowest BCUT2D eigenvalue weighted by molar-refractivity contribution is -0.112. The van der Waals surface area contributed by atoms with E-state index in [0.717, 1.165) is 35.0 Å². The molecule has 3 unspecified atom stereocenters. The molecule has 1 N–H and O–H groups in total. The summed E-state index contributed by atoms with van der Waals surface area (Å²) >= 11 is 9.79. The number of anilines is 1. The third kappa shape index (κ3) is 4.10. The van der Waals surface area contributed by atoms with E-state index in [0.29, 0.717) is 33.8 Å². The lowest BCUT2D eigenvalue weighted by Gasteiger charge is -2.14.